The molecule has 148 valence electrons. The van der Waals surface area contributed by atoms with E-state index in [1.807, 2.05) is 30.5 Å². The summed E-state index contributed by atoms with van der Waals surface area (Å²) in [6.45, 7) is 3.74. The number of oxazole rings is 1. The average Bonchev–Trinajstić information content (AvgIpc) is 3.43. The molecule has 0 saturated heterocycles. The first-order valence-electron chi connectivity index (χ1n) is 9.45. The maximum atomic E-state index is 13.4. The van der Waals surface area contributed by atoms with Gasteiger partial charge in [0.1, 0.15) is 12.1 Å². The first kappa shape index (κ1) is 17.6. The molecule has 0 bridgehead atoms. The van der Waals surface area contributed by atoms with E-state index in [1.54, 1.807) is 29.6 Å². The predicted octanol–water partition coefficient (Wildman–Crippen LogP) is 2.20. The number of aliphatic hydroxyl groups excluding tert-OH is 1. The Hall–Kier alpha value is -3.46. The van der Waals surface area contributed by atoms with E-state index in [0.717, 1.165) is 22.6 Å². The third-order valence-corrected chi connectivity index (χ3v) is 5.22. The van der Waals surface area contributed by atoms with Gasteiger partial charge in [-0.2, -0.15) is 5.10 Å². The summed E-state index contributed by atoms with van der Waals surface area (Å²) in [5, 5.41) is 14.4. The van der Waals surface area contributed by atoms with Gasteiger partial charge >= 0.3 is 0 Å². The normalized spacial score (nSPS) is 17.5. The van der Waals surface area contributed by atoms with Crippen LogP contribution in [0.15, 0.2) is 41.2 Å². The highest BCUT2D eigenvalue weighted by molar-refractivity contribution is 5.93. The molecule has 0 radical (unpaired) electrons. The minimum Gasteiger partial charge on any atom is -0.432 e. The zero-order valence-electron chi connectivity index (χ0n) is 16.0. The summed E-state index contributed by atoms with van der Waals surface area (Å²) in [5.41, 5.74) is 3.89. The third-order valence-electron chi connectivity index (χ3n) is 5.22. The number of aliphatic hydroxyl groups is 1. The van der Waals surface area contributed by atoms with Crippen molar-refractivity contribution in [2.75, 3.05) is 6.54 Å². The van der Waals surface area contributed by atoms with Gasteiger partial charge in [-0.1, -0.05) is 6.07 Å². The minimum absolute atomic E-state index is 0.132. The molecule has 1 unspecified atom stereocenters. The first-order valence-corrected chi connectivity index (χ1v) is 9.45. The van der Waals surface area contributed by atoms with Crippen LogP contribution in [-0.4, -0.2) is 47.0 Å². The second-order valence-corrected chi connectivity index (χ2v) is 7.20. The lowest BCUT2D eigenvalue weighted by Gasteiger charge is -2.33. The number of aromatic nitrogens is 5. The molecule has 1 amide bonds. The lowest BCUT2D eigenvalue weighted by molar-refractivity contribution is 0.0644. The molecule has 1 aliphatic heterocycles. The number of fused-ring (bicyclic) bond motifs is 2. The number of imidazole rings is 1. The van der Waals surface area contributed by atoms with Gasteiger partial charge in [-0.3, -0.25) is 4.79 Å². The van der Waals surface area contributed by atoms with Gasteiger partial charge in [0.25, 0.3) is 5.91 Å². The Morgan fingerprint density at radius 2 is 2.28 bits per heavy atom. The van der Waals surface area contributed by atoms with Crippen LogP contribution >= 0.6 is 0 Å². The summed E-state index contributed by atoms with van der Waals surface area (Å²) in [6, 6.07) is 7.33. The van der Waals surface area contributed by atoms with Crippen LogP contribution in [0.5, 0.6) is 0 Å². The molecule has 5 heterocycles. The Balaban J connectivity index is 1.60. The second kappa shape index (κ2) is 6.56. The van der Waals surface area contributed by atoms with E-state index in [1.165, 1.54) is 0 Å². The van der Waals surface area contributed by atoms with Crippen molar-refractivity contribution in [1.82, 2.24) is 29.5 Å². The van der Waals surface area contributed by atoms with Crippen LogP contribution in [0.1, 0.15) is 58.3 Å². The van der Waals surface area contributed by atoms with Crippen LogP contribution in [0, 0.1) is 6.92 Å². The number of H-pyrrole nitrogens is 1. The number of hydrogen-bond donors (Lipinski definition) is 2. The van der Waals surface area contributed by atoms with E-state index >= 15 is 0 Å². The molecule has 0 fully saturated rings. The van der Waals surface area contributed by atoms with Crippen molar-refractivity contribution >= 4 is 11.4 Å². The number of aromatic amines is 1. The lowest BCUT2D eigenvalue weighted by Crippen LogP contribution is -2.41. The molecule has 0 aliphatic carbocycles. The van der Waals surface area contributed by atoms with E-state index in [9.17, 15) is 9.90 Å². The molecule has 2 N–H and O–H groups in total. The summed E-state index contributed by atoms with van der Waals surface area (Å²) >= 11 is 0. The molecular weight excluding hydrogens is 372 g/mol. The Morgan fingerprint density at radius 1 is 1.41 bits per heavy atom. The molecule has 5 rings (SSSR count). The van der Waals surface area contributed by atoms with Crippen LogP contribution in [0.25, 0.3) is 5.52 Å². The molecule has 0 saturated carbocycles. The van der Waals surface area contributed by atoms with Crippen molar-refractivity contribution in [3.05, 3.63) is 71.2 Å². The molecule has 0 spiro atoms. The fourth-order valence-corrected chi connectivity index (χ4v) is 3.81. The topological polar surface area (TPSA) is 113 Å². The number of aryl methyl sites for hydroxylation is 1. The zero-order valence-corrected chi connectivity index (χ0v) is 16.0. The average molecular weight is 392 g/mol. The van der Waals surface area contributed by atoms with E-state index in [0.29, 0.717) is 18.7 Å². The van der Waals surface area contributed by atoms with Crippen molar-refractivity contribution in [3.8, 4) is 0 Å². The maximum absolute atomic E-state index is 13.4. The zero-order chi connectivity index (χ0) is 20.1. The number of nitrogens with one attached hydrogen (secondary N) is 1. The number of hydrogen-bond acceptors (Lipinski definition) is 6. The molecule has 2 atom stereocenters. The largest absolute Gasteiger partial charge is 0.432 e. The molecule has 0 aromatic carbocycles. The Kier molecular flexibility index (Phi) is 3.99. The lowest BCUT2D eigenvalue weighted by atomic mass is 9.99. The second-order valence-electron chi connectivity index (χ2n) is 7.20. The highest BCUT2D eigenvalue weighted by Crippen LogP contribution is 2.34. The number of carbonyl (C=O) groups is 1. The standard InChI is InChI=1S/C20H20N6O3/c1-11-18(29-19(23-11)12(2)27)20(28)25-8-6-14-16(22-10-21-14)17(25)15-9-13-5-3-4-7-26(13)24-15/h3-5,7,9-10,12,17,27H,6,8H2,1-2H3,(H,21,22)/t12-,17?/m1/s1. The maximum Gasteiger partial charge on any atom is 0.292 e. The molecule has 1 aliphatic rings. The van der Waals surface area contributed by atoms with Gasteiger partial charge in [-0.05, 0) is 32.0 Å². The fraction of sp³-hybridized carbons (Fsp3) is 0.300. The first-order chi connectivity index (χ1) is 14.0. The highest BCUT2D eigenvalue weighted by atomic mass is 16.4. The van der Waals surface area contributed by atoms with E-state index in [-0.39, 0.29) is 17.6 Å². The van der Waals surface area contributed by atoms with Gasteiger partial charge in [0.15, 0.2) is 0 Å². The smallest absolute Gasteiger partial charge is 0.292 e. The van der Waals surface area contributed by atoms with Crippen LogP contribution < -0.4 is 0 Å². The van der Waals surface area contributed by atoms with Crippen molar-refractivity contribution in [3.63, 3.8) is 0 Å². The van der Waals surface area contributed by atoms with E-state index < -0.39 is 12.1 Å². The fourth-order valence-electron chi connectivity index (χ4n) is 3.81. The molecule has 4 aromatic heterocycles. The molecule has 29 heavy (non-hydrogen) atoms. The summed E-state index contributed by atoms with van der Waals surface area (Å²) in [4.78, 5) is 27.0. The number of pyridine rings is 1. The van der Waals surface area contributed by atoms with Gasteiger partial charge < -0.3 is 19.4 Å². The SMILES string of the molecule is Cc1nc([C@@H](C)O)oc1C(=O)N1CCc2[nH]cnc2C1c1cc2ccccn2n1. The van der Waals surface area contributed by atoms with Crippen LogP contribution in [-0.2, 0) is 6.42 Å². The summed E-state index contributed by atoms with van der Waals surface area (Å²) in [7, 11) is 0. The van der Waals surface area contributed by atoms with Gasteiger partial charge in [-0.15, -0.1) is 0 Å². The Bertz CT molecular complexity index is 1170. The Labute approximate surface area is 166 Å². The molecular formula is C20H20N6O3. The van der Waals surface area contributed by atoms with Gasteiger partial charge in [0.2, 0.25) is 11.7 Å². The van der Waals surface area contributed by atoms with Crippen LogP contribution in [0.3, 0.4) is 0 Å². The molecule has 9 nitrogen and oxygen atoms in total. The van der Waals surface area contributed by atoms with Crippen molar-refractivity contribution in [2.45, 2.75) is 32.4 Å². The van der Waals surface area contributed by atoms with Crippen LogP contribution in [0.4, 0.5) is 0 Å². The number of rotatable bonds is 3. The van der Waals surface area contributed by atoms with Crippen LogP contribution in [0.2, 0.25) is 0 Å². The minimum atomic E-state index is -0.885. The molecule has 9 heteroatoms. The number of carbonyl (C=O) groups excluding carboxylic acids is 1. The van der Waals surface area contributed by atoms with Crippen molar-refractivity contribution in [2.24, 2.45) is 0 Å². The van der Waals surface area contributed by atoms with E-state index in [2.05, 4.69) is 20.1 Å². The predicted molar refractivity (Wildman–Crippen MR) is 102 cm³/mol. The van der Waals surface area contributed by atoms with Gasteiger partial charge in [0.05, 0.1) is 28.9 Å². The summed E-state index contributed by atoms with van der Waals surface area (Å²) in [6.07, 6.45) is 3.28. The summed E-state index contributed by atoms with van der Waals surface area (Å²) in [5.74, 6) is -0.0288. The number of amides is 1. The molecule has 4 aromatic rings. The summed E-state index contributed by atoms with van der Waals surface area (Å²) < 4.78 is 7.38. The van der Waals surface area contributed by atoms with E-state index in [4.69, 9.17) is 4.42 Å². The van der Waals surface area contributed by atoms with Gasteiger partial charge in [0, 0.05) is 24.9 Å². The third kappa shape index (κ3) is 2.82. The quantitative estimate of drug-likeness (QED) is 0.553. The number of nitrogens with zero attached hydrogens (tertiary/aromatic N) is 5. The van der Waals surface area contributed by atoms with Gasteiger partial charge in [-0.25, -0.2) is 14.5 Å². The van der Waals surface area contributed by atoms with Crippen molar-refractivity contribution in [1.29, 1.82) is 0 Å². The monoisotopic (exact) mass is 392 g/mol. The Morgan fingerprint density at radius 3 is 3.03 bits per heavy atom. The highest BCUT2D eigenvalue weighted by Gasteiger charge is 2.38. The van der Waals surface area contributed by atoms with Crippen molar-refractivity contribution < 1.29 is 14.3 Å².